The van der Waals surface area contributed by atoms with Crippen LogP contribution >= 0.6 is 0 Å². The van der Waals surface area contributed by atoms with Crippen molar-refractivity contribution in [3.63, 3.8) is 0 Å². The third-order valence-electron chi connectivity index (χ3n) is 3.43. The molecule has 4 nitrogen and oxygen atoms in total. The van der Waals surface area contributed by atoms with Crippen LogP contribution in [0.4, 0.5) is 0 Å². The zero-order valence-corrected chi connectivity index (χ0v) is 9.24. The number of nitrogens with zero attached hydrogens (tertiary/aromatic N) is 1. The number of amides is 1. The molecule has 0 spiro atoms. The molecule has 0 aromatic rings. The van der Waals surface area contributed by atoms with E-state index in [1.807, 2.05) is 4.90 Å². The van der Waals surface area contributed by atoms with Crippen LogP contribution in [0.5, 0.6) is 0 Å². The minimum atomic E-state index is 0.259. The van der Waals surface area contributed by atoms with Gasteiger partial charge in [0.05, 0.1) is 6.54 Å². The Bertz CT molecular complexity index is 220. The number of hydrogen-bond donors (Lipinski definition) is 2. The number of hydrogen-bond acceptors (Lipinski definition) is 3. The van der Waals surface area contributed by atoms with Crippen molar-refractivity contribution in [1.82, 2.24) is 10.2 Å². The highest BCUT2D eigenvalue weighted by Gasteiger charge is 2.26. The van der Waals surface area contributed by atoms with Crippen LogP contribution in [0.3, 0.4) is 0 Å². The van der Waals surface area contributed by atoms with E-state index in [-0.39, 0.29) is 5.91 Å². The average molecular weight is 211 g/mol. The third kappa shape index (κ3) is 2.92. The molecule has 0 aromatic carbocycles. The smallest absolute Gasteiger partial charge is 0.236 e. The molecule has 1 heterocycles. The molecule has 2 fully saturated rings. The van der Waals surface area contributed by atoms with E-state index in [2.05, 4.69) is 5.32 Å². The molecule has 2 rings (SSSR count). The Morgan fingerprint density at radius 1 is 1.27 bits per heavy atom. The summed E-state index contributed by atoms with van der Waals surface area (Å²) in [6, 6.07) is 0.835. The van der Waals surface area contributed by atoms with Crippen molar-refractivity contribution in [3.8, 4) is 0 Å². The van der Waals surface area contributed by atoms with Gasteiger partial charge in [-0.25, -0.2) is 0 Å². The summed E-state index contributed by atoms with van der Waals surface area (Å²) in [4.78, 5) is 13.7. The van der Waals surface area contributed by atoms with Gasteiger partial charge in [-0.3, -0.25) is 4.79 Å². The first-order valence-corrected chi connectivity index (χ1v) is 6.02. The minimum Gasteiger partial charge on any atom is -0.342 e. The Balaban J connectivity index is 1.63. The lowest BCUT2D eigenvalue weighted by atomic mass is 9.88. The molecular formula is C11H21N3O. The second kappa shape index (κ2) is 4.94. The zero-order valence-electron chi connectivity index (χ0n) is 9.24. The average Bonchev–Trinajstić information content (AvgIpc) is 2.23. The number of carbonyl (C=O) groups excluding carboxylic acids is 1. The van der Waals surface area contributed by atoms with Gasteiger partial charge in [-0.2, -0.15) is 0 Å². The van der Waals surface area contributed by atoms with Gasteiger partial charge in [0.25, 0.3) is 0 Å². The molecule has 2 aliphatic rings. The van der Waals surface area contributed by atoms with Crippen molar-refractivity contribution in [2.75, 3.05) is 19.6 Å². The lowest BCUT2D eigenvalue weighted by Gasteiger charge is -2.34. The predicted octanol–water partition coefficient (Wildman–Crippen LogP) is 0.0782. The summed E-state index contributed by atoms with van der Waals surface area (Å²) in [7, 11) is 0. The standard InChI is InChI=1S/C11H21N3O/c12-9-6-10(7-9)13-8-11(15)14-4-2-1-3-5-14/h9-10,13H,1-8,12H2. The SMILES string of the molecule is NC1CC(NCC(=O)N2CCCCC2)C1. The first-order chi connectivity index (χ1) is 7.25. The summed E-state index contributed by atoms with van der Waals surface area (Å²) in [6.07, 6.45) is 5.65. The molecule has 0 aromatic heterocycles. The molecule has 0 bridgehead atoms. The second-order valence-corrected chi connectivity index (χ2v) is 4.75. The van der Waals surface area contributed by atoms with Crippen molar-refractivity contribution in [2.45, 2.75) is 44.2 Å². The highest BCUT2D eigenvalue weighted by molar-refractivity contribution is 5.78. The summed E-state index contributed by atoms with van der Waals surface area (Å²) in [5.74, 6) is 0.259. The zero-order chi connectivity index (χ0) is 10.7. The van der Waals surface area contributed by atoms with Crippen molar-refractivity contribution in [1.29, 1.82) is 0 Å². The van der Waals surface area contributed by atoms with E-state index >= 15 is 0 Å². The van der Waals surface area contributed by atoms with E-state index in [0.717, 1.165) is 25.9 Å². The topological polar surface area (TPSA) is 58.4 Å². The highest BCUT2D eigenvalue weighted by Crippen LogP contribution is 2.17. The van der Waals surface area contributed by atoms with Crippen LogP contribution in [0.15, 0.2) is 0 Å². The van der Waals surface area contributed by atoms with Gasteiger partial charge in [-0.15, -0.1) is 0 Å². The molecule has 15 heavy (non-hydrogen) atoms. The number of likely N-dealkylation sites (tertiary alicyclic amines) is 1. The molecule has 1 amide bonds. The summed E-state index contributed by atoms with van der Waals surface area (Å²) < 4.78 is 0. The molecule has 4 heteroatoms. The van der Waals surface area contributed by atoms with Gasteiger partial charge in [-0.1, -0.05) is 0 Å². The first kappa shape index (κ1) is 10.9. The lowest BCUT2D eigenvalue weighted by Crippen LogP contribution is -2.51. The van der Waals surface area contributed by atoms with Crippen molar-refractivity contribution >= 4 is 5.91 Å². The van der Waals surface area contributed by atoms with E-state index in [1.54, 1.807) is 0 Å². The number of nitrogens with one attached hydrogen (secondary N) is 1. The molecular weight excluding hydrogens is 190 g/mol. The second-order valence-electron chi connectivity index (χ2n) is 4.75. The molecule has 0 radical (unpaired) electrons. The largest absolute Gasteiger partial charge is 0.342 e. The monoisotopic (exact) mass is 211 g/mol. The molecule has 86 valence electrons. The fraction of sp³-hybridized carbons (Fsp3) is 0.909. The van der Waals surface area contributed by atoms with Crippen LogP contribution in [0, 0.1) is 0 Å². The van der Waals surface area contributed by atoms with Crippen LogP contribution in [0.1, 0.15) is 32.1 Å². The van der Waals surface area contributed by atoms with Gasteiger partial charge >= 0.3 is 0 Å². The molecule has 3 N–H and O–H groups in total. The lowest BCUT2D eigenvalue weighted by molar-refractivity contribution is -0.131. The van der Waals surface area contributed by atoms with Crippen LogP contribution in [0.25, 0.3) is 0 Å². The fourth-order valence-corrected chi connectivity index (χ4v) is 2.32. The van der Waals surface area contributed by atoms with Crippen LogP contribution in [-0.2, 0) is 4.79 Å². The summed E-state index contributed by atoms with van der Waals surface area (Å²) in [5, 5.41) is 3.28. The van der Waals surface area contributed by atoms with Crippen molar-refractivity contribution in [2.24, 2.45) is 5.73 Å². The normalized spacial score (nSPS) is 31.1. The molecule has 0 unspecified atom stereocenters. The summed E-state index contributed by atoms with van der Waals surface area (Å²) in [5.41, 5.74) is 5.68. The molecule has 1 saturated carbocycles. The maximum absolute atomic E-state index is 11.8. The Kier molecular flexibility index (Phi) is 3.59. The van der Waals surface area contributed by atoms with E-state index in [4.69, 9.17) is 5.73 Å². The van der Waals surface area contributed by atoms with Gasteiger partial charge in [0.1, 0.15) is 0 Å². The Morgan fingerprint density at radius 3 is 2.53 bits per heavy atom. The quantitative estimate of drug-likeness (QED) is 0.695. The number of rotatable bonds is 3. The Labute approximate surface area is 91.2 Å². The minimum absolute atomic E-state index is 0.259. The van der Waals surface area contributed by atoms with Gasteiger partial charge < -0.3 is 16.0 Å². The van der Waals surface area contributed by atoms with E-state index in [0.29, 0.717) is 18.6 Å². The van der Waals surface area contributed by atoms with Crippen molar-refractivity contribution < 1.29 is 4.79 Å². The van der Waals surface area contributed by atoms with Gasteiger partial charge in [0, 0.05) is 25.2 Å². The number of nitrogens with two attached hydrogens (primary N) is 1. The maximum Gasteiger partial charge on any atom is 0.236 e. The number of carbonyl (C=O) groups is 1. The van der Waals surface area contributed by atoms with Gasteiger partial charge in [-0.05, 0) is 32.1 Å². The maximum atomic E-state index is 11.8. The van der Waals surface area contributed by atoms with E-state index in [1.165, 1.54) is 19.3 Å². The predicted molar refractivity (Wildman–Crippen MR) is 59.4 cm³/mol. The Morgan fingerprint density at radius 2 is 1.93 bits per heavy atom. The molecule has 0 atom stereocenters. The summed E-state index contributed by atoms with van der Waals surface area (Å²) >= 11 is 0. The molecule has 1 saturated heterocycles. The van der Waals surface area contributed by atoms with Gasteiger partial charge in [0.15, 0.2) is 0 Å². The number of piperidine rings is 1. The van der Waals surface area contributed by atoms with Crippen molar-refractivity contribution in [3.05, 3.63) is 0 Å². The van der Waals surface area contributed by atoms with Crippen LogP contribution in [-0.4, -0.2) is 42.5 Å². The van der Waals surface area contributed by atoms with Crippen LogP contribution in [0.2, 0.25) is 0 Å². The van der Waals surface area contributed by atoms with Gasteiger partial charge in [0.2, 0.25) is 5.91 Å². The van der Waals surface area contributed by atoms with E-state index in [9.17, 15) is 4.79 Å². The summed E-state index contributed by atoms with van der Waals surface area (Å²) in [6.45, 7) is 2.40. The highest BCUT2D eigenvalue weighted by atomic mass is 16.2. The fourth-order valence-electron chi connectivity index (χ4n) is 2.32. The third-order valence-corrected chi connectivity index (χ3v) is 3.43. The first-order valence-electron chi connectivity index (χ1n) is 6.02. The van der Waals surface area contributed by atoms with E-state index < -0.39 is 0 Å². The molecule has 1 aliphatic carbocycles. The molecule has 1 aliphatic heterocycles. The van der Waals surface area contributed by atoms with Crippen LogP contribution < -0.4 is 11.1 Å². The Hall–Kier alpha value is -0.610.